The zero-order valence-electron chi connectivity index (χ0n) is 11.7. The molecule has 4 nitrogen and oxygen atoms in total. The van der Waals surface area contributed by atoms with Gasteiger partial charge in [0.05, 0.1) is 17.2 Å². The first kappa shape index (κ1) is 15.3. The summed E-state index contributed by atoms with van der Waals surface area (Å²) in [6.45, 7) is 2.78. The molecule has 0 spiro atoms. The molecule has 1 aromatic rings. The van der Waals surface area contributed by atoms with Crippen molar-refractivity contribution in [3.8, 4) is 0 Å². The van der Waals surface area contributed by atoms with E-state index in [1.807, 2.05) is 17.9 Å². The largest absolute Gasteiger partial charge is 0.368 e. The van der Waals surface area contributed by atoms with E-state index in [2.05, 4.69) is 0 Å². The SMILES string of the molecule is CC(N)Cc1cccc(F)c1N1CCCS(=O)(=O)CC1. The molecular formula is C14H21FN2O2S. The predicted molar refractivity (Wildman–Crippen MR) is 79.2 cm³/mol. The Bertz CT molecular complexity index is 573. The van der Waals surface area contributed by atoms with Gasteiger partial charge in [-0.1, -0.05) is 12.1 Å². The zero-order chi connectivity index (χ0) is 14.8. The minimum atomic E-state index is -3.00. The molecule has 112 valence electrons. The van der Waals surface area contributed by atoms with Crippen molar-refractivity contribution < 1.29 is 12.8 Å². The maximum absolute atomic E-state index is 14.2. The van der Waals surface area contributed by atoms with E-state index in [1.54, 1.807) is 6.07 Å². The molecule has 0 radical (unpaired) electrons. The van der Waals surface area contributed by atoms with Gasteiger partial charge in [0.25, 0.3) is 0 Å². The van der Waals surface area contributed by atoms with Crippen LogP contribution in [0, 0.1) is 5.82 Å². The van der Waals surface area contributed by atoms with Crippen LogP contribution in [0.3, 0.4) is 0 Å². The van der Waals surface area contributed by atoms with Gasteiger partial charge in [0.2, 0.25) is 0 Å². The van der Waals surface area contributed by atoms with Crippen molar-refractivity contribution in [1.82, 2.24) is 0 Å². The first-order chi connectivity index (χ1) is 9.39. The van der Waals surface area contributed by atoms with Gasteiger partial charge >= 0.3 is 0 Å². The molecule has 6 heteroatoms. The third kappa shape index (κ3) is 3.70. The molecule has 1 aliphatic heterocycles. The van der Waals surface area contributed by atoms with Crippen LogP contribution in [0.2, 0.25) is 0 Å². The summed E-state index contributed by atoms with van der Waals surface area (Å²) in [6, 6.07) is 4.89. The fraction of sp³-hybridized carbons (Fsp3) is 0.571. The standard InChI is InChI=1S/C14H21FN2O2S/c1-11(16)10-12-4-2-5-13(15)14(12)17-6-3-8-20(18,19)9-7-17/h2,4-5,11H,3,6-10,16H2,1H3. The molecule has 1 aromatic carbocycles. The van der Waals surface area contributed by atoms with Crippen LogP contribution in [0.15, 0.2) is 18.2 Å². The summed E-state index contributed by atoms with van der Waals surface area (Å²) in [5.41, 5.74) is 7.17. The normalized spacial score (nSPS) is 20.4. The van der Waals surface area contributed by atoms with Crippen LogP contribution in [0.4, 0.5) is 10.1 Å². The number of nitrogens with zero attached hydrogens (tertiary/aromatic N) is 1. The van der Waals surface area contributed by atoms with E-state index in [1.165, 1.54) is 6.07 Å². The molecule has 1 unspecified atom stereocenters. The Morgan fingerprint density at radius 3 is 2.80 bits per heavy atom. The van der Waals surface area contributed by atoms with E-state index in [-0.39, 0.29) is 23.4 Å². The Morgan fingerprint density at radius 1 is 1.35 bits per heavy atom. The van der Waals surface area contributed by atoms with Gasteiger partial charge in [-0.3, -0.25) is 0 Å². The highest BCUT2D eigenvalue weighted by Gasteiger charge is 2.23. The molecule has 1 fully saturated rings. The quantitative estimate of drug-likeness (QED) is 0.915. The minimum Gasteiger partial charge on any atom is -0.368 e. The number of para-hydroxylation sites is 1. The number of nitrogens with two attached hydrogens (primary N) is 1. The average Bonchev–Trinajstić information content (AvgIpc) is 2.50. The van der Waals surface area contributed by atoms with Gasteiger partial charge in [-0.2, -0.15) is 0 Å². The molecule has 20 heavy (non-hydrogen) atoms. The summed E-state index contributed by atoms with van der Waals surface area (Å²) in [6.07, 6.45) is 1.12. The third-order valence-electron chi connectivity index (χ3n) is 3.48. The van der Waals surface area contributed by atoms with Crippen molar-refractivity contribution in [3.63, 3.8) is 0 Å². The number of halogens is 1. The van der Waals surface area contributed by atoms with Crippen LogP contribution >= 0.6 is 0 Å². The second-order valence-corrected chi connectivity index (χ2v) is 7.73. The van der Waals surface area contributed by atoms with Gasteiger partial charge in [-0.15, -0.1) is 0 Å². The second-order valence-electron chi connectivity index (χ2n) is 5.42. The van der Waals surface area contributed by atoms with E-state index in [0.717, 1.165) is 5.56 Å². The van der Waals surface area contributed by atoms with Crippen molar-refractivity contribution >= 4 is 15.5 Å². The lowest BCUT2D eigenvalue weighted by atomic mass is 10.0. The number of sulfone groups is 1. The molecule has 1 saturated heterocycles. The van der Waals surface area contributed by atoms with Gasteiger partial charge < -0.3 is 10.6 Å². The van der Waals surface area contributed by atoms with Gasteiger partial charge in [0, 0.05) is 19.1 Å². The smallest absolute Gasteiger partial charge is 0.152 e. The van der Waals surface area contributed by atoms with Crippen molar-refractivity contribution in [2.24, 2.45) is 5.73 Å². The summed E-state index contributed by atoms with van der Waals surface area (Å²) in [7, 11) is -3.00. The number of benzene rings is 1. The van der Waals surface area contributed by atoms with Crippen LogP contribution in [0.1, 0.15) is 18.9 Å². The van der Waals surface area contributed by atoms with Crippen LogP contribution in [0.5, 0.6) is 0 Å². The molecule has 1 heterocycles. The van der Waals surface area contributed by atoms with E-state index >= 15 is 0 Å². The van der Waals surface area contributed by atoms with E-state index < -0.39 is 9.84 Å². The lowest BCUT2D eigenvalue weighted by Gasteiger charge is -2.26. The Hall–Kier alpha value is -1.14. The summed E-state index contributed by atoms with van der Waals surface area (Å²) in [4.78, 5) is 1.84. The number of hydrogen-bond acceptors (Lipinski definition) is 4. The molecule has 1 atom stereocenters. The first-order valence-corrected chi connectivity index (χ1v) is 8.69. The number of hydrogen-bond donors (Lipinski definition) is 1. The predicted octanol–water partition coefficient (Wildman–Crippen LogP) is 1.34. The Kier molecular flexibility index (Phi) is 4.65. The molecule has 0 aliphatic carbocycles. The topological polar surface area (TPSA) is 63.4 Å². The van der Waals surface area contributed by atoms with Crippen LogP contribution < -0.4 is 10.6 Å². The Balaban J connectivity index is 2.31. The number of anilines is 1. The summed E-state index contributed by atoms with van der Waals surface area (Å²) >= 11 is 0. The van der Waals surface area contributed by atoms with Crippen molar-refractivity contribution in [1.29, 1.82) is 0 Å². The molecule has 0 bridgehead atoms. The van der Waals surface area contributed by atoms with E-state index in [9.17, 15) is 12.8 Å². The summed E-state index contributed by atoms with van der Waals surface area (Å²) in [5, 5.41) is 0. The molecule has 0 amide bonds. The van der Waals surface area contributed by atoms with Gasteiger partial charge in [0.15, 0.2) is 9.84 Å². The highest BCUT2D eigenvalue weighted by Crippen LogP contribution is 2.27. The number of rotatable bonds is 3. The molecule has 0 aromatic heterocycles. The molecule has 1 aliphatic rings. The van der Waals surface area contributed by atoms with Gasteiger partial charge in [0.1, 0.15) is 5.82 Å². The van der Waals surface area contributed by atoms with Crippen LogP contribution in [0.25, 0.3) is 0 Å². The minimum absolute atomic E-state index is 0.0636. The summed E-state index contributed by atoms with van der Waals surface area (Å²) < 4.78 is 37.5. The lowest BCUT2D eigenvalue weighted by Crippen LogP contribution is -2.29. The Labute approximate surface area is 119 Å². The van der Waals surface area contributed by atoms with E-state index in [4.69, 9.17) is 5.73 Å². The van der Waals surface area contributed by atoms with Crippen LogP contribution in [-0.4, -0.2) is 39.1 Å². The average molecular weight is 300 g/mol. The monoisotopic (exact) mass is 300 g/mol. The first-order valence-electron chi connectivity index (χ1n) is 6.87. The molecular weight excluding hydrogens is 279 g/mol. The van der Waals surface area contributed by atoms with Crippen molar-refractivity contribution in [2.45, 2.75) is 25.8 Å². The van der Waals surface area contributed by atoms with Crippen LogP contribution in [-0.2, 0) is 16.3 Å². The second kappa shape index (κ2) is 6.10. The van der Waals surface area contributed by atoms with Gasteiger partial charge in [-0.25, -0.2) is 12.8 Å². The highest BCUT2D eigenvalue weighted by atomic mass is 32.2. The molecule has 2 N–H and O–H groups in total. The lowest BCUT2D eigenvalue weighted by molar-refractivity contribution is 0.596. The van der Waals surface area contributed by atoms with Gasteiger partial charge in [-0.05, 0) is 31.4 Å². The van der Waals surface area contributed by atoms with E-state index in [0.29, 0.717) is 31.6 Å². The maximum Gasteiger partial charge on any atom is 0.152 e. The maximum atomic E-state index is 14.2. The molecule has 0 saturated carbocycles. The summed E-state index contributed by atoms with van der Waals surface area (Å²) in [5.74, 6) is -0.0399. The van der Waals surface area contributed by atoms with Crippen molar-refractivity contribution in [2.75, 3.05) is 29.5 Å². The fourth-order valence-electron chi connectivity index (χ4n) is 2.59. The van der Waals surface area contributed by atoms with Crippen molar-refractivity contribution in [3.05, 3.63) is 29.6 Å². The molecule has 2 rings (SSSR count). The zero-order valence-corrected chi connectivity index (χ0v) is 12.5. The third-order valence-corrected chi connectivity index (χ3v) is 5.20. The fourth-order valence-corrected chi connectivity index (χ4v) is 3.86. The Morgan fingerprint density at radius 2 is 2.10 bits per heavy atom. The highest BCUT2D eigenvalue weighted by molar-refractivity contribution is 7.91.